The van der Waals surface area contributed by atoms with Crippen LogP contribution in [0, 0.1) is 11.8 Å². The number of likely N-dealkylation sites (tertiary alicyclic amines) is 1. The number of nitrogens with one attached hydrogen (secondary N) is 2. The van der Waals surface area contributed by atoms with Crippen molar-refractivity contribution in [1.29, 1.82) is 0 Å². The second-order valence-corrected chi connectivity index (χ2v) is 9.35. The van der Waals surface area contributed by atoms with Gasteiger partial charge >= 0.3 is 0 Å². The highest BCUT2D eigenvalue weighted by molar-refractivity contribution is 14.0. The third-order valence-corrected chi connectivity index (χ3v) is 6.36. The Hall–Kier alpha value is -0.610. The summed E-state index contributed by atoms with van der Waals surface area (Å²) in [6.45, 7) is 10.8. The van der Waals surface area contributed by atoms with Gasteiger partial charge in [0.05, 0.1) is 12.7 Å². The Kier molecular flexibility index (Phi) is 11.2. The third kappa shape index (κ3) is 7.82. The van der Waals surface area contributed by atoms with Gasteiger partial charge in [-0.15, -0.1) is 24.0 Å². The summed E-state index contributed by atoms with van der Waals surface area (Å²) in [5.74, 6) is 2.12. The van der Waals surface area contributed by atoms with Crippen LogP contribution in [0.5, 0.6) is 0 Å². The minimum atomic E-state index is 0. The van der Waals surface area contributed by atoms with Crippen LogP contribution in [-0.4, -0.2) is 86.7 Å². The van der Waals surface area contributed by atoms with Crippen LogP contribution in [0.25, 0.3) is 0 Å². The van der Waals surface area contributed by atoms with Crippen molar-refractivity contribution in [1.82, 2.24) is 20.4 Å². The summed E-state index contributed by atoms with van der Waals surface area (Å²) in [5.41, 5.74) is 0. The van der Waals surface area contributed by atoms with Gasteiger partial charge in [-0.2, -0.15) is 0 Å². The predicted octanol–water partition coefficient (Wildman–Crippen LogP) is 2.31. The molecule has 2 unspecified atom stereocenters. The number of halogens is 1. The van der Waals surface area contributed by atoms with Crippen LogP contribution in [0.4, 0.5) is 0 Å². The Morgan fingerprint density at radius 3 is 2.60 bits per heavy atom. The number of amides is 1. The van der Waals surface area contributed by atoms with E-state index in [0.29, 0.717) is 11.8 Å². The number of ether oxygens (including phenoxy) is 1. The molecule has 0 radical (unpaired) electrons. The molecule has 1 aliphatic carbocycles. The van der Waals surface area contributed by atoms with Crippen LogP contribution in [0.3, 0.4) is 0 Å². The molecule has 0 aromatic carbocycles. The Balaban J connectivity index is 0.00000320. The lowest BCUT2D eigenvalue weighted by Gasteiger charge is -2.34. The number of hydrogen-bond donors (Lipinski definition) is 2. The molecule has 1 saturated carbocycles. The Labute approximate surface area is 199 Å². The lowest BCUT2D eigenvalue weighted by atomic mass is 9.88. The van der Waals surface area contributed by atoms with Gasteiger partial charge in [0.2, 0.25) is 5.91 Å². The normalized spacial score (nSPS) is 26.5. The van der Waals surface area contributed by atoms with Gasteiger partial charge < -0.3 is 20.3 Å². The molecule has 30 heavy (non-hydrogen) atoms. The van der Waals surface area contributed by atoms with Crippen molar-refractivity contribution in [2.75, 3.05) is 52.9 Å². The second kappa shape index (κ2) is 13.1. The molecule has 2 aliphatic heterocycles. The molecule has 1 amide bonds. The van der Waals surface area contributed by atoms with E-state index in [0.717, 1.165) is 71.1 Å². The molecule has 2 N–H and O–H groups in total. The van der Waals surface area contributed by atoms with Crippen LogP contribution in [0.2, 0.25) is 0 Å². The maximum atomic E-state index is 12.8. The van der Waals surface area contributed by atoms with Crippen molar-refractivity contribution in [3.05, 3.63) is 0 Å². The molecular formula is C22H42IN5O2. The van der Waals surface area contributed by atoms with E-state index in [4.69, 9.17) is 4.74 Å². The lowest BCUT2D eigenvalue weighted by Crippen LogP contribution is -2.51. The van der Waals surface area contributed by atoms with E-state index in [-0.39, 0.29) is 42.0 Å². The van der Waals surface area contributed by atoms with Crippen molar-refractivity contribution in [2.24, 2.45) is 16.8 Å². The fraction of sp³-hybridized carbons (Fsp3) is 0.909. The Morgan fingerprint density at radius 2 is 1.90 bits per heavy atom. The minimum absolute atomic E-state index is 0. The first-order valence-electron chi connectivity index (χ1n) is 11.6. The molecule has 0 aromatic heterocycles. The number of rotatable bonds is 6. The first-order valence-corrected chi connectivity index (χ1v) is 11.6. The molecule has 7 nitrogen and oxygen atoms in total. The fourth-order valence-corrected chi connectivity index (χ4v) is 4.87. The number of morpholine rings is 1. The smallest absolute Gasteiger partial charge is 0.225 e. The van der Waals surface area contributed by atoms with E-state index < -0.39 is 0 Å². The standard InChI is InChI=1S/C22H41N5O2.HI/c1-17(2)14-26-11-12-29-20(16-26)13-24-22(23-3)25-19-9-10-27(15-19)21(28)18-7-5-4-6-8-18;/h17-20H,4-16H2,1-3H3,(H2,23,24,25);1H. The van der Waals surface area contributed by atoms with Gasteiger partial charge in [0, 0.05) is 58.3 Å². The summed E-state index contributed by atoms with van der Waals surface area (Å²) in [6, 6.07) is 0.276. The van der Waals surface area contributed by atoms with Crippen molar-refractivity contribution in [3.63, 3.8) is 0 Å². The molecule has 0 aromatic rings. The predicted molar refractivity (Wildman–Crippen MR) is 132 cm³/mol. The zero-order chi connectivity index (χ0) is 20.6. The number of nitrogens with zero attached hydrogens (tertiary/aromatic N) is 3. The molecule has 3 aliphatic rings. The van der Waals surface area contributed by atoms with Crippen LogP contribution in [0.15, 0.2) is 4.99 Å². The molecule has 2 atom stereocenters. The van der Waals surface area contributed by atoms with Gasteiger partial charge in [0.1, 0.15) is 0 Å². The topological polar surface area (TPSA) is 69.2 Å². The molecule has 174 valence electrons. The quantitative estimate of drug-likeness (QED) is 0.311. The average Bonchev–Trinajstić information content (AvgIpc) is 3.19. The van der Waals surface area contributed by atoms with Crippen molar-refractivity contribution in [2.45, 2.75) is 64.5 Å². The third-order valence-electron chi connectivity index (χ3n) is 6.36. The van der Waals surface area contributed by atoms with Gasteiger partial charge in [0.15, 0.2) is 5.96 Å². The summed E-state index contributed by atoms with van der Waals surface area (Å²) in [7, 11) is 1.81. The van der Waals surface area contributed by atoms with E-state index in [1.807, 2.05) is 7.05 Å². The van der Waals surface area contributed by atoms with E-state index in [1.54, 1.807) is 0 Å². The van der Waals surface area contributed by atoms with Gasteiger partial charge in [0.25, 0.3) is 0 Å². The second-order valence-electron chi connectivity index (χ2n) is 9.35. The SMILES string of the molecule is CN=C(NCC1CN(CC(C)C)CCO1)NC1CCN(C(=O)C2CCCCC2)C1.I. The highest BCUT2D eigenvalue weighted by atomic mass is 127. The number of guanidine groups is 1. The molecule has 2 heterocycles. The van der Waals surface area contributed by atoms with Gasteiger partial charge in [-0.1, -0.05) is 33.1 Å². The number of carbonyl (C=O) groups is 1. The number of hydrogen-bond acceptors (Lipinski definition) is 4. The fourth-order valence-electron chi connectivity index (χ4n) is 4.87. The van der Waals surface area contributed by atoms with Crippen molar-refractivity contribution in [3.8, 4) is 0 Å². The summed E-state index contributed by atoms with van der Waals surface area (Å²) < 4.78 is 5.93. The minimum Gasteiger partial charge on any atom is -0.374 e. The zero-order valence-corrected chi connectivity index (χ0v) is 21.4. The van der Waals surface area contributed by atoms with Crippen LogP contribution < -0.4 is 10.6 Å². The Morgan fingerprint density at radius 1 is 1.13 bits per heavy atom. The molecule has 2 saturated heterocycles. The summed E-state index contributed by atoms with van der Waals surface area (Å²) >= 11 is 0. The van der Waals surface area contributed by atoms with E-state index in [1.165, 1.54) is 19.3 Å². The molecule has 0 spiro atoms. The van der Waals surface area contributed by atoms with Crippen LogP contribution in [-0.2, 0) is 9.53 Å². The zero-order valence-electron chi connectivity index (χ0n) is 19.1. The van der Waals surface area contributed by atoms with E-state index in [2.05, 4.69) is 39.3 Å². The summed E-state index contributed by atoms with van der Waals surface area (Å²) in [4.78, 5) is 21.7. The number of aliphatic imine (C=N–C) groups is 1. The van der Waals surface area contributed by atoms with Gasteiger partial charge in [-0.25, -0.2) is 0 Å². The average molecular weight is 536 g/mol. The van der Waals surface area contributed by atoms with Crippen molar-refractivity contribution < 1.29 is 9.53 Å². The molecule has 0 bridgehead atoms. The maximum Gasteiger partial charge on any atom is 0.225 e. The highest BCUT2D eigenvalue weighted by Crippen LogP contribution is 2.26. The van der Waals surface area contributed by atoms with Crippen LogP contribution in [0.1, 0.15) is 52.4 Å². The lowest BCUT2D eigenvalue weighted by molar-refractivity contribution is -0.135. The largest absolute Gasteiger partial charge is 0.374 e. The van der Waals surface area contributed by atoms with E-state index in [9.17, 15) is 4.79 Å². The van der Waals surface area contributed by atoms with Crippen molar-refractivity contribution >= 4 is 35.8 Å². The van der Waals surface area contributed by atoms with Gasteiger partial charge in [-0.05, 0) is 25.2 Å². The highest BCUT2D eigenvalue weighted by Gasteiger charge is 2.32. The first-order chi connectivity index (χ1) is 14.0. The molecule has 3 fully saturated rings. The maximum absolute atomic E-state index is 12.8. The molecule has 3 rings (SSSR count). The van der Waals surface area contributed by atoms with Gasteiger partial charge in [-0.3, -0.25) is 14.7 Å². The van der Waals surface area contributed by atoms with E-state index >= 15 is 0 Å². The number of carbonyl (C=O) groups excluding carboxylic acids is 1. The Bertz CT molecular complexity index is 554. The summed E-state index contributed by atoms with van der Waals surface area (Å²) in [6.07, 6.45) is 7.03. The first kappa shape index (κ1) is 25.6. The summed E-state index contributed by atoms with van der Waals surface area (Å²) in [5, 5.41) is 6.94. The van der Waals surface area contributed by atoms with Crippen LogP contribution >= 0.6 is 24.0 Å². The monoisotopic (exact) mass is 535 g/mol. The molecule has 8 heteroatoms. The molecular weight excluding hydrogens is 493 g/mol.